The summed E-state index contributed by atoms with van der Waals surface area (Å²) in [7, 11) is 0. The van der Waals surface area contributed by atoms with Crippen molar-refractivity contribution in [2.24, 2.45) is 0 Å². The van der Waals surface area contributed by atoms with E-state index in [1.165, 1.54) is 24.3 Å². The molecular weight excluding hydrogens is 361 g/mol. The third-order valence-electron chi connectivity index (χ3n) is 3.41. The zero-order valence-corrected chi connectivity index (χ0v) is 12.9. The van der Waals surface area contributed by atoms with E-state index in [-0.39, 0.29) is 11.1 Å². The Hall–Kier alpha value is -2.88. The Labute approximate surface area is 142 Å². The van der Waals surface area contributed by atoms with Crippen molar-refractivity contribution in [1.29, 1.82) is 0 Å². The van der Waals surface area contributed by atoms with E-state index in [4.69, 9.17) is 0 Å². The van der Waals surface area contributed by atoms with Crippen LogP contribution in [0, 0.1) is 10.1 Å². The number of imide groups is 1. The summed E-state index contributed by atoms with van der Waals surface area (Å²) in [6.07, 6.45) is 0. The monoisotopic (exact) mass is 368 g/mol. The number of carbonyl (C=O) groups excluding carboxylic acids is 2. The van der Waals surface area contributed by atoms with Crippen LogP contribution in [0.4, 0.5) is 24.5 Å². The maximum atomic E-state index is 12.8. The number of nitro groups is 1. The number of rotatable bonds is 3. The van der Waals surface area contributed by atoms with Gasteiger partial charge in [-0.05, 0) is 30.0 Å². The molecule has 0 saturated heterocycles. The Bertz CT molecular complexity index is 879. The largest absolute Gasteiger partial charge is 0.446 e. The Morgan fingerprint density at radius 1 is 1.00 bits per heavy atom. The lowest BCUT2D eigenvalue weighted by Gasteiger charge is -2.18. The number of nitro benzene ring substituents is 1. The van der Waals surface area contributed by atoms with Gasteiger partial charge in [-0.25, -0.2) is 4.90 Å². The summed E-state index contributed by atoms with van der Waals surface area (Å²) >= 11 is -0.551. The highest BCUT2D eigenvalue weighted by Crippen LogP contribution is 2.44. The van der Waals surface area contributed by atoms with Crippen molar-refractivity contribution in [2.45, 2.75) is 10.4 Å². The highest BCUT2D eigenvalue weighted by atomic mass is 32.2. The molecule has 1 heterocycles. The molecule has 0 bridgehead atoms. The number of benzene rings is 2. The van der Waals surface area contributed by atoms with Crippen LogP contribution in [0.5, 0.6) is 0 Å². The molecule has 0 N–H and O–H groups in total. The number of hydrogen-bond donors (Lipinski definition) is 0. The molecule has 3 rings (SSSR count). The van der Waals surface area contributed by atoms with E-state index in [1.54, 1.807) is 0 Å². The average Bonchev–Trinajstić information content (AvgIpc) is 2.78. The van der Waals surface area contributed by atoms with Crippen molar-refractivity contribution in [3.63, 3.8) is 0 Å². The van der Waals surface area contributed by atoms with Crippen LogP contribution in [-0.2, 0) is 0 Å². The van der Waals surface area contributed by atoms with Crippen molar-refractivity contribution in [1.82, 2.24) is 0 Å². The second-order valence-corrected chi connectivity index (χ2v) is 6.06. The van der Waals surface area contributed by atoms with Crippen molar-refractivity contribution >= 4 is 35.0 Å². The quantitative estimate of drug-likeness (QED) is 0.354. The summed E-state index contributed by atoms with van der Waals surface area (Å²) in [6, 6.07) is 8.28. The highest BCUT2D eigenvalue weighted by molar-refractivity contribution is 8.00. The van der Waals surface area contributed by atoms with Gasteiger partial charge in [0.15, 0.2) is 0 Å². The first-order valence-corrected chi connectivity index (χ1v) is 7.52. The molecule has 0 aliphatic carbocycles. The predicted molar refractivity (Wildman–Crippen MR) is 82.6 cm³/mol. The highest BCUT2D eigenvalue weighted by Gasteiger charge is 2.40. The third-order valence-corrected chi connectivity index (χ3v) is 4.21. The molecule has 0 atom stereocenters. The molecule has 0 fully saturated rings. The lowest BCUT2D eigenvalue weighted by atomic mass is 10.1. The van der Waals surface area contributed by atoms with Gasteiger partial charge in [0.2, 0.25) is 0 Å². The van der Waals surface area contributed by atoms with Gasteiger partial charge in [0.1, 0.15) is 0 Å². The first-order valence-electron chi connectivity index (χ1n) is 6.71. The fourth-order valence-electron chi connectivity index (χ4n) is 2.41. The van der Waals surface area contributed by atoms with Gasteiger partial charge in [0.05, 0.1) is 21.7 Å². The van der Waals surface area contributed by atoms with E-state index < -0.39 is 50.3 Å². The molecule has 0 saturated carbocycles. The number of thioether (sulfide) groups is 1. The Kier molecular flexibility index (Phi) is 3.99. The standard InChI is InChI=1S/C15H7F3N2O4S/c16-15(17,18)25-12-6-5-8(20(23)24)7-11(12)19-13(21)9-3-1-2-4-10(9)14(19)22/h1-7H. The number of fused-ring (bicyclic) bond motifs is 1. The summed E-state index contributed by atoms with van der Waals surface area (Å²) in [5, 5.41) is 10.9. The molecule has 2 aromatic carbocycles. The molecule has 0 aromatic heterocycles. The zero-order valence-electron chi connectivity index (χ0n) is 12.1. The van der Waals surface area contributed by atoms with Gasteiger partial charge in [-0.15, -0.1) is 0 Å². The second-order valence-electron chi connectivity index (χ2n) is 4.95. The fraction of sp³-hybridized carbons (Fsp3) is 0.0667. The lowest BCUT2D eigenvalue weighted by molar-refractivity contribution is -0.384. The minimum Gasteiger partial charge on any atom is -0.268 e. The van der Waals surface area contributed by atoms with E-state index in [1.807, 2.05) is 0 Å². The van der Waals surface area contributed by atoms with Crippen LogP contribution in [0.2, 0.25) is 0 Å². The van der Waals surface area contributed by atoms with Gasteiger partial charge in [-0.3, -0.25) is 19.7 Å². The second kappa shape index (κ2) is 5.88. The van der Waals surface area contributed by atoms with E-state index >= 15 is 0 Å². The molecule has 1 aliphatic rings. The molecule has 0 unspecified atom stereocenters. The molecule has 6 nitrogen and oxygen atoms in total. The SMILES string of the molecule is O=C1c2ccccc2C(=O)N1c1cc([N+](=O)[O-])ccc1SC(F)(F)F. The lowest BCUT2D eigenvalue weighted by Crippen LogP contribution is -2.30. The number of hydrogen-bond acceptors (Lipinski definition) is 5. The fourth-order valence-corrected chi connectivity index (χ4v) is 3.05. The van der Waals surface area contributed by atoms with Crippen LogP contribution in [0.15, 0.2) is 47.4 Å². The molecule has 1 aliphatic heterocycles. The van der Waals surface area contributed by atoms with Crippen LogP contribution < -0.4 is 4.90 Å². The van der Waals surface area contributed by atoms with Crippen molar-refractivity contribution in [2.75, 3.05) is 4.90 Å². The van der Waals surface area contributed by atoms with E-state index in [0.717, 1.165) is 18.2 Å². The number of non-ortho nitro benzene ring substituents is 1. The Morgan fingerprint density at radius 2 is 1.56 bits per heavy atom. The molecule has 0 spiro atoms. The molecule has 0 radical (unpaired) electrons. The minimum absolute atomic E-state index is 0.0296. The van der Waals surface area contributed by atoms with Crippen LogP contribution in [0.25, 0.3) is 0 Å². The Balaban J connectivity index is 2.15. The van der Waals surface area contributed by atoms with E-state index in [9.17, 15) is 32.9 Å². The maximum absolute atomic E-state index is 12.8. The molecule has 2 amide bonds. The predicted octanol–water partition coefficient (Wildman–Crippen LogP) is 4.01. The van der Waals surface area contributed by atoms with Crippen LogP contribution in [-0.4, -0.2) is 22.2 Å². The number of alkyl halides is 3. The minimum atomic E-state index is -4.69. The van der Waals surface area contributed by atoms with Gasteiger partial charge in [-0.1, -0.05) is 12.1 Å². The number of amides is 2. The summed E-state index contributed by atoms with van der Waals surface area (Å²) in [5.41, 5.74) is -5.63. The zero-order chi connectivity index (χ0) is 18.4. The van der Waals surface area contributed by atoms with Crippen molar-refractivity contribution in [3.05, 3.63) is 63.7 Å². The third kappa shape index (κ3) is 3.07. The smallest absolute Gasteiger partial charge is 0.268 e. The van der Waals surface area contributed by atoms with Crippen molar-refractivity contribution < 1.29 is 27.7 Å². The number of carbonyl (C=O) groups is 2. The van der Waals surface area contributed by atoms with Gasteiger partial charge < -0.3 is 0 Å². The number of halogens is 3. The number of anilines is 1. The average molecular weight is 368 g/mol. The van der Waals surface area contributed by atoms with Crippen molar-refractivity contribution in [3.8, 4) is 0 Å². The van der Waals surface area contributed by atoms with Gasteiger partial charge in [0, 0.05) is 17.0 Å². The first kappa shape index (κ1) is 17.0. The first-order chi connectivity index (χ1) is 11.7. The molecular formula is C15H7F3N2O4S. The summed E-state index contributed by atoms with van der Waals surface area (Å²) in [4.78, 5) is 35.1. The van der Waals surface area contributed by atoms with Crippen LogP contribution >= 0.6 is 11.8 Å². The molecule has 10 heteroatoms. The molecule has 128 valence electrons. The van der Waals surface area contributed by atoms with Crippen LogP contribution in [0.1, 0.15) is 20.7 Å². The topological polar surface area (TPSA) is 80.5 Å². The summed E-state index contributed by atoms with van der Waals surface area (Å²) in [5.74, 6) is -1.66. The van der Waals surface area contributed by atoms with E-state index in [0.29, 0.717) is 4.90 Å². The van der Waals surface area contributed by atoms with E-state index in [2.05, 4.69) is 0 Å². The normalized spacial score (nSPS) is 14.0. The van der Waals surface area contributed by atoms with Gasteiger partial charge in [0.25, 0.3) is 17.5 Å². The summed E-state index contributed by atoms with van der Waals surface area (Å²) in [6.45, 7) is 0. The molecule has 25 heavy (non-hydrogen) atoms. The molecule has 2 aromatic rings. The van der Waals surface area contributed by atoms with Gasteiger partial charge >= 0.3 is 5.51 Å². The number of nitrogens with zero attached hydrogens (tertiary/aromatic N) is 2. The van der Waals surface area contributed by atoms with Crippen LogP contribution in [0.3, 0.4) is 0 Å². The summed E-state index contributed by atoms with van der Waals surface area (Å²) < 4.78 is 38.3. The Morgan fingerprint density at radius 3 is 2.04 bits per heavy atom. The van der Waals surface area contributed by atoms with Gasteiger partial charge in [-0.2, -0.15) is 13.2 Å². The maximum Gasteiger partial charge on any atom is 0.446 e.